The summed E-state index contributed by atoms with van der Waals surface area (Å²) in [7, 11) is 6.35. The molecule has 1 aliphatic carbocycles. The van der Waals surface area contributed by atoms with Crippen LogP contribution in [0.3, 0.4) is 0 Å². The Kier molecular flexibility index (Phi) is 5.32. The third kappa shape index (κ3) is 2.91. The first kappa shape index (κ1) is 20.5. The Labute approximate surface area is 176 Å². The monoisotopic (exact) mass is 416 g/mol. The molecular formula is C23H28O7. The van der Waals surface area contributed by atoms with Gasteiger partial charge in [0.25, 0.3) is 0 Å². The molecule has 0 spiro atoms. The molecule has 30 heavy (non-hydrogen) atoms. The van der Waals surface area contributed by atoms with Gasteiger partial charge in [0.2, 0.25) is 18.3 Å². The number of ether oxygens (including phenoxy) is 6. The fourth-order valence-corrected chi connectivity index (χ4v) is 4.63. The van der Waals surface area contributed by atoms with Crippen LogP contribution in [0.1, 0.15) is 31.1 Å². The van der Waals surface area contributed by atoms with Gasteiger partial charge in [-0.25, -0.2) is 0 Å². The molecule has 0 saturated carbocycles. The number of aromatic hydroxyl groups is 1. The highest BCUT2D eigenvalue weighted by molar-refractivity contribution is 5.88. The van der Waals surface area contributed by atoms with Gasteiger partial charge in [-0.1, -0.05) is 13.8 Å². The molecule has 0 amide bonds. The van der Waals surface area contributed by atoms with Gasteiger partial charge in [0.15, 0.2) is 23.0 Å². The van der Waals surface area contributed by atoms with E-state index < -0.39 is 0 Å². The molecule has 1 aliphatic heterocycles. The van der Waals surface area contributed by atoms with E-state index in [2.05, 4.69) is 13.8 Å². The summed E-state index contributed by atoms with van der Waals surface area (Å²) in [5.41, 5.74) is 3.18. The first-order valence-corrected chi connectivity index (χ1v) is 9.97. The molecule has 0 aromatic heterocycles. The standard InChI is InChI=1S/C23H28O7/c1-11-7-13-8-15(25-3)21(27-5)19(24)17(13)18-14(20(26-4)12(11)2)9-16-22(23(18)28-6)30-10-29-16/h8-9,11-12,20,24H,7,10H2,1-6H3/t11-,12-,20+/m0/s1. The van der Waals surface area contributed by atoms with Gasteiger partial charge in [0.1, 0.15) is 0 Å². The molecule has 0 unspecified atom stereocenters. The predicted molar refractivity (Wildman–Crippen MR) is 111 cm³/mol. The topological polar surface area (TPSA) is 75.6 Å². The van der Waals surface area contributed by atoms with Crippen molar-refractivity contribution in [2.24, 2.45) is 11.8 Å². The third-order valence-electron chi connectivity index (χ3n) is 6.31. The van der Waals surface area contributed by atoms with E-state index in [9.17, 15) is 5.11 Å². The molecule has 162 valence electrons. The second kappa shape index (κ2) is 7.80. The van der Waals surface area contributed by atoms with E-state index in [1.807, 2.05) is 12.1 Å². The van der Waals surface area contributed by atoms with E-state index in [1.165, 1.54) is 7.11 Å². The van der Waals surface area contributed by atoms with Crippen molar-refractivity contribution in [3.63, 3.8) is 0 Å². The molecule has 4 rings (SSSR count). The Bertz CT molecular complexity index is 969. The van der Waals surface area contributed by atoms with Crippen LogP contribution in [0.15, 0.2) is 12.1 Å². The molecule has 0 bridgehead atoms. The molecule has 7 heteroatoms. The zero-order valence-electron chi connectivity index (χ0n) is 18.2. The molecule has 1 heterocycles. The number of hydrogen-bond acceptors (Lipinski definition) is 7. The van der Waals surface area contributed by atoms with E-state index in [0.29, 0.717) is 28.6 Å². The van der Waals surface area contributed by atoms with Crippen LogP contribution in [0.5, 0.6) is 34.5 Å². The van der Waals surface area contributed by atoms with Crippen molar-refractivity contribution in [1.82, 2.24) is 0 Å². The Morgan fingerprint density at radius 3 is 2.30 bits per heavy atom. The molecule has 2 aliphatic rings. The van der Waals surface area contributed by atoms with Crippen molar-refractivity contribution in [3.05, 3.63) is 23.3 Å². The number of phenols is 1. The van der Waals surface area contributed by atoms with E-state index in [0.717, 1.165) is 23.1 Å². The number of hydrogen-bond donors (Lipinski definition) is 1. The van der Waals surface area contributed by atoms with Crippen molar-refractivity contribution in [2.75, 3.05) is 35.2 Å². The first-order chi connectivity index (χ1) is 14.5. The summed E-state index contributed by atoms with van der Waals surface area (Å²) in [4.78, 5) is 0. The lowest BCUT2D eigenvalue weighted by molar-refractivity contribution is 0.0362. The number of methoxy groups -OCH3 is 4. The van der Waals surface area contributed by atoms with Gasteiger partial charge < -0.3 is 33.5 Å². The minimum absolute atomic E-state index is 0.00173. The summed E-state index contributed by atoms with van der Waals surface area (Å²) in [6.07, 6.45) is 0.500. The van der Waals surface area contributed by atoms with Crippen LogP contribution in [0.2, 0.25) is 0 Å². The molecule has 0 fully saturated rings. The van der Waals surface area contributed by atoms with Crippen LogP contribution in [-0.4, -0.2) is 40.3 Å². The summed E-state index contributed by atoms with van der Waals surface area (Å²) in [6, 6.07) is 3.86. The average Bonchev–Trinajstić information content (AvgIpc) is 3.21. The summed E-state index contributed by atoms with van der Waals surface area (Å²) >= 11 is 0. The highest BCUT2D eigenvalue weighted by atomic mass is 16.7. The average molecular weight is 416 g/mol. The van der Waals surface area contributed by atoms with Crippen LogP contribution in [-0.2, 0) is 11.2 Å². The highest BCUT2D eigenvalue weighted by Gasteiger charge is 2.38. The Morgan fingerprint density at radius 1 is 0.933 bits per heavy atom. The Morgan fingerprint density at radius 2 is 1.67 bits per heavy atom. The van der Waals surface area contributed by atoms with E-state index in [1.54, 1.807) is 21.3 Å². The molecule has 7 nitrogen and oxygen atoms in total. The number of rotatable bonds is 4. The summed E-state index contributed by atoms with van der Waals surface area (Å²) < 4.78 is 34.1. The van der Waals surface area contributed by atoms with Gasteiger partial charge in [-0.3, -0.25) is 0 Å². The highest BCUT2D eigenvalue weighted by Crippen LogP contribution is 2.58. The summed E-state index contributed by atoms with van der Waals surface area (Å²) in [5, 5.41) is 11.3. The quantitative estimate of drug-likeness (QED) is 0.795. The van der Waals surface area contributed by atoms with E-state index in [4.69, 9.17) is 28.4 Å². The van der Waals surface area contributed by atoms with Crippen LogP contribution >= 0.6 is 0 Å². The van der Waals surface area contributed by atoms with Gasteiger partial charge in [-0.15, -0.1) is 0 Å². The fourth-order valence-electron chi connectivity index (χ4n) is 4.63. The van der Waals surface area contributed by atoms with Crippen LogP contribution in [0.25, 0.3) is 11.1 Å². The lowest BCUT2D eigenvalue weighted by Gasteiger charge is -2.34. The summed E-state index contributed by atoms with van der Waals surface area (Å²) in [6.45, 7) is 4.47. The molecule has 0 radical (unpaired) electrons. The maximum Gasteiger partial charge on any atom is 0.231 e. The fraction of sp³-hybridized carbons (Fsp3) is 0.478. The second-order valence-electron chi connectivity index (χ2n) is 7.80. The maximum absolute atomic E-state index is 11.3. The van der Waals surface area contributed by atoms with Crippen molar-refractivity contribution >= 4 is 0 Å². The normalized spacial score (nSPS) is 21.9. The van der Waals surface area contributed by atoms with Gasteiger partial charge >= 0.3 is 0 Å². The lowest BCUT2D eigenvalue weighted by Crippen LogP contribution is -2.24. The van der Waals surface area contributed by atoms with E-state index in [-0.39, 0.29) is 36.2 Å². The van der Waals surface area contributed by atoms with Crippen molar-refractivity contribution in [1.29, 1.82) is 0 Å². The van der Waals surface area contributed by atoms with Gasteiger partial charge in [-0.05, 0) is 41.5 Å². The first-order valence-electron chi connectivity index (χ1n) is 9.97. The van der Waals surface area contributed by atoms with Crippen LogP contribution < -0.4 is 23.7 Å². The summed E-state index contributed by atoms with van der Waals surface area (Å²) in [5.74, 6) is 2.87. The van der Waals surface area contributed by atoms with Gasteiger partial charge in [0.05, 0.1) is 27.4 Å². The largest absolute Gasteiger partial charge is 0.504 e. The molecule has 1 N–H and O–H groups in total. The molecular weight excluding hydrogens is 388 g/mol. The minimum Gasteiger partial charge on any atom is -0.504 e. The lowest BCUT2D eigenvalue weighted by atomic mass is 9.76. The van der Waals surface area contributed by atoms with E-state index >= 15 is 0 Å². The third-order valence-corrected chi connectivity index (χ3v) is 6.31. The Hall–Kier alpha value is -2.80. The molecule has 0 saturated heterocycles. The smallest absolute Gasteiger partial charge is 0.231 e. The molecule has 3 atom stereocenters. The number of benzene rings is 2. The maximum atomic E-state index is 11.3. The van der Waals surface area contributed by atoms with Crippen LogP contribution in [0.4, 0.5) is 0 Å². The van der Waals surface area contributed by atoms with Crippen molar-refractivity contribution in [3.8, 4) is 45.6 Å². The number of phenolic OH excluding ortho intramolecular Hbond substituents is 1. The predicted octanol–water partition coefficient (Wildman–Crippen LogP) is 4.33. The van der Waals surface area contributed by atoms with Crippen LogP contribution in [0, 0.1) is 11.8 Å². The minimum atomic E-state index is -0.223. The molecule has 2 aromatic rings. The zero-order chi connectivity index (χ0) is 21.6. The SMILES string of the molecule is COc1cc2c(c(O)c1OC)-c1c(cc3c(c1OC)OCO3)[C@H](OC)[C@@H](C)[C@@H](C)C2. The van der Waals surface area contributed by atoms with Crippen molar-refractivity contribution < 1.29 is 33.5 Å². The van der Waals surface area contributed by atoms with Gasteiger partial charge in [0, 0.05) is 18.2 Å². The zero-order valence-corrected chi connectivity index (χ0v) is 18.2. The van der Waals surface area contributed by atoms with Crippen molar-refractivity contribution in [2.45, 2.75) is 26.4 Å². The van der Waals surface area contributed by atoms with Gasteiger partial charge in [-0.2, -0.15) is 0 Å². The number of fused-ring (bicyclic) bond motifs is 4. The second-order valence-corrected chi connectivity index (χ2v) is 7.80. The molecule has 2 aromatic carbocycles. The Balaban J connectivity index is 2.15.